The van der Waals surface area contributed by atoms with Gasteiger partial charge in [0.1, 0.15) is 23.0 Å². The average Bonchev–Trinajstić information content (AvgIpc) is 3.72. The van der Waals surface area contributed by atoms with E-state index in [9.17, 15) is 27.6 Å². The maximum absolute atomic E-state index is 15.6. The Kier molecular flexibility index (Phi) is 13.0. The number of pyridine rings is 3. The first-order chi connectivity index (χ1) is 30.8. The molecule has 17 nitrogen and oxygen atoms in total. The zero-order chi connectivity index (χ0) is 45.1. The molecule has 0 radical (unpaired) electrons. The lowest BCUT2D eigenvalue weighted by Crippen LogP contribution is -2.48. The van der Waals surface area contributed by atoms with Gasteiger partial charge in [0, 0.05) is 97.8 Å². The Morgan fingerprint density at radius 2 is 1.69 bits per heavy atom. The first-order valence-electron chi connectivity index (χ1n) is 21.2. The van der Waals surface area contributed by atoms with Gasteiger partial charge >= 0.3 is 10.2 Å². The number of rotatable bonds is 14. The number of ketones is 1. The first kappa shape index (κ1) is 44.2. The number of likely N-dealkylation sites (tertiary alicyclic amines) is 1. The smallest absolute Gasteiger partial charge is 0.301 e. The molecule has 336 valence electrons. The van der Waals surface area contributed by atoms with E-state index in [4.69, 9.17) is 9.72 Å². The number of nitrogens with one attached hydrogen (secondary N) is 4. The van der Waals surface area contributed by atoms with E-state index in [-0.39, 0.29) is 42.3 Å². The highest BCUT2D eigenvalue weighted by Crippen LogP contribution is 2.31. The molecule has 20 heteroatoms. The molecule has 1 unspecified atom stereocenters. The highest BCUT2D eigenvalue weighted by Gasteiger charge is 2.30. The molecule has 0 spiro atoms. The number of aromatic amines is 1. The third-order valence-corrected chi connectivity index (χ3v) is 13.6. The maximum Gasteiger partial charge on any atom is 0.301 e. The minimum Gasteiger partial charge on any atom is -0.479 e. The summed E-state index contributed by atoms with van der Waals surface area (Å²) in [5.74, 6) is -2.70. The normalized spacial score (nSPS) is 18.0. The van der Waals surface area contributed by atoms with Gasteiger partial charge in [0.15, 0.2) is 11.9 Å². The number of piperidine rings is 3. The average molecular weight is 899 g/mol. The minimum atomic E-state index is -4.15. The van der Waals surface area contributed by atoms with Crippen molar-refractivity contribution in [1.29, 1.82) is 0 Å². The number of H-pyrrole nitrogens is 1. The molecule has 1 aromatic carbocycles. The summed E-state index contributed by atoms with van der Waals surface area (Å²) >= 11 is 0. The van der Waals surface area contributed by atoms with E-state index in [1.165, 1.54) is 13.2 Å². The van der Waals surface area contributed by atoms with Crippen LogP contribution in [0, 0.1) is 11.6 Å². The van der Waals surface area contributed by atoms with Gasteiger partial charge in [-0.05, 0) is 81.2 Å². The number of aromatic nitrogens is 4. The topological polar surface area (TPSA) is 212 Å². The summed E-state index contributed by atoms with van der Waals surface area (Å²) in [5.41, 5.74) is 1.05. The number of hydrogen-bond donors (Lipinski definition) is 4. The van der Waals surface area contributed by atoms with Gasteiger partial charge in [0.05, 0.1) is 24.0 Å². The van der Waals surface area contributed by atoms with Crippen molar-refractivity contribution in [2.75, 3.05) is 55.9 Å². The number of carbonyl (C=O) groups excluding carboxylic acids is 4. The summed E-state index contributed by atoms with van der Waals surface area (Å²) in [5, 5.41) is 5.82. The van der Waals surface area contributed by atoms with E-state index in [2.05, 4.69) is 40.1 Å². The molecule has 4 N–H and O–H groups in total. The van der Waals surface area contributed by atoms with Crippen LogP contribution in [0.5, 0.6) is 5.75 Å². The molecule has 3 aliphatic heterocycles. The van der Waals surface area contributed by atoms with Crippen molar-refractivity contribution in [3.05, 3.63) is 95.7 Å². The Morgan fingerprint density at radius 3 is 2.38 bits per heavy atom. The molecule has 7 heterocycles. The van der Waals surface area contributed by atoms with E-state index in [1.54, 1.807) is 37.6 Å². The molecule has 3 saturated heterocycles. The summed E-state index contributed by atoms with van der Waals surface area (Å²) in [6, 6.07) is 11.0. The summed E-state index contributed by atoms with van der Waals surface area (Å²) < 4.78 is 64.5. The molecular weight excluding hydrogens is 851 g/mol. The zero-order valence-electron chi connectivity index (χ0n) is 35.3. The zero-order valence-corrected chi connectivity index (χ0v) is 36.1. The van der Waals surface area contributed by atoms with Crippen LogP contribution in [0.3, 0.4) is 0 Å². The molecule has 8 rings (SSSR count). The van der Waals surface area contributed by atoms with Crippen LogP contribution in [0.4, 0.5) is 20.3 Å². The number of nitrogens with zero attached hydrogens (tertiary/aromatic N) is 6. The summed E-state index contributed by atoms with van der Waals surface area (Å²) in [6.45, 7) is 4.94. The van der Waals surface area contributed by atoms with Crippen LogP contribution in [0.1, 0.15) is 73.0 Å². The molecule has 3 fully saturated rings. The number of ether oxygens (including phenoxy) is 1. The fourth-order valence-electron chi connectivity index (χ4n) is 8.22. The van der Waals surface area contributed by atoms with Crippen LogP contribution in [0.15, 0.2) is 67.3 Å². The van der Waals surface area contributed by atoms with Gasteiger partial charge in [0.2, 0.25) is 17.6 Å². The van der Waals surface area contributed by atoms with Gasteiger partial charge in [0.25, 0.3) is 5.91 Å². The predicted octanol–water partition coefficient (Wildman–Crippen LogP) is 4.29. The lowest BCUT2D eigenvalue weighted by atomic mass is 9.93. The van der Waals surface area contributed by atoms with Gasteiger partial charge in [-0.25, -0.2) is 18.7 Å². The van der Waals surface area contributed by atoms with E-state index in [0.717, 1.165) is 66.7 Å². The number of carbonyl (C=O) groups is 4. The van der Waals surface area contributed by atoms with Crippen LogP contribution < -0.4 is 25.0 Å². The lowest BCUT2D eigenvalue weighted by Gasteiger charge is -2.34. The number of hydrogen-bond acceptors (Lipinski definition) is 12. The molecule has 5 aromatic rings. The molecule has 4 aromatic heterocycles. The molecule has 3 amide bonds. The van der Waals surface area contributed by atoms with Crippen molar-refractivity contribution in [2.45, 2.75) is 63.5 Å². The van der Waals surface area contributed by atoms with Crippen LogP contribution in [-0.2, 0) is 24.6 Å². The standard InChI is InChI=1S/C44H48F2N10O7S/c1-3-54(2)64(61,62)53-35-8-6-33(45)40(41(35)46)42(59)32-24-50-43-31(32)20-28(22-49-43)27-4-10-37(48-21-27)56-18-14-29(15-19-56)51-39(58)25-55-16-12-26(13-17-55)34-7-5-30(23-47-34)63-36-9-11-38(57)52-44(36)60/h4-8,10,20-24,26,29,36,53H,3,9,11-19,25H2,1-2H3,(H,49,50)(H,51,58)(H,52,57,60). The molecule has 64 heavy (non-hydrogen) atoms. The van der Waals surface area contributed by atoms with E-state index >= 15 is 8.78 Å². The number of halogens is 2. The maximum atomic E-state index is 15.6. The van der Waals surface area contributed by atoms with Crippen molar-refractivity contribution in [3.8, 4) is 16.9 Å². The minimum absolute atomic E-state index is 0.00278. The SMILES string of the molecule is CCN(C)S(=O)(=O)Nc1ccc(F)c(C(=O)c2c[nH]c3ncc(-c4ccc(N5CCC(NC(=O)CN6CCC(c7ccc(OC8CCC(=O)NC8=O)cn7)CC6)CC5)nc4)cc23)c1F. The Labute approximate surface area is 368 Å². The highest BCUT2D eigenvalue weighted by molar-refractivity contribution is 7.90. The van der Waals surface area contributed by atoms with Crippen LogP contribution in [0.25, 0.3) is 22.2 Å². The fourth-order valence-corrected chi connectivity index (χ4v) is 9.15. The van der Waals surface area contributed by atoms with Crippen molar-refractivity contribution in [2.24, 2.45) is 0 Å². The Morgan fingerprint density at radius 1 is 0.922 bits per heavy atom. The number of benzene rings is 1. The van der Waals surface area contributed by atoms with Gasteiger partial charge in [-0.1, -0.05) is 6.92 Å². The van der Waals surface area contributed by atoms with E-state index in [1.807, 2.05) is 18.2 Å². The second-order valence-corrected chi connectivity index (χ2v) is 18.0. The fraction of sp³-hybridized carbons (Fsp3) is 0.386. The number of imide groups is 1. The summed E-state index contributed by atoms with van der Waals surface area (Å²) in [4.78, 5) is 71.0. The Hall–Kier alpha value is -6.38. The second kappa shape index (κ2) is 18.8. The molecule has 0 aliphatic carbocycles. The van der Waals surface area contributed by atoms with Gasteiger partial charge in [-0.3, -0.25) is 39.1 Å². The molecular formula is C44H48F2N10O7S. The number of fused-ring (bicyclic) bond motifs is 1. The lowest BCUT2D eigenvalue weighted by molar-refractivity contribution is -0.139. The Bertz CT molecular complexity index is 2670. The predicted molar refractivity (Wildman–Crippen MR) is 233 cm³/mol. The van der Waals surface area contributed by atoms with Crippen molar-refractivity contribution >= 4 is 56.3 Å². The molecule has 1 atom stereocenters. The van der Waals surface area contributed by atoms with Crippen molar-refractivity contribution in [3.63, 3.8) is 0 Å². The van der Waals surface area contributed by atoms with Gasteiger partial charge in [-0.2, -0.15) is 12.7 Å². The number of anilines is 2. The summed E-state index contributed by atoms with van der Waals surface area (Å²) in [6.07, 6.45) is 9.31. The van der Waals surface area contributed by atoms with Crippen molar-refractivity contribution in [1.82, 2.24) is 39.8 Å². The number of amides is 3. The third kappa shape index (κ3) is 9.73. The van der Waals surface area contributed by atoms with E-state index < -0.39 is 50.9 Å². The second-order valence-electron chi connectivity index (χ2n) is 16.2. The quantitative estimate of drug-likeness (QED) is 0.0909. The molecule has 0 bridgehead atoms. The first-order valence-corrected chi connectivity index (χ1v) is 22.6. The Balaban J connectivity index is 0.813. The van der Waals surface area contributed by atoms with Crippen LogP contribution in [0.2, 0.25) is 0 Å². The molecule has 3 aliphatic rings. The van der Waals surface area contributed by atoms with Gasteiger partial charge in [-0.15, -0.1) is 0 Å². The van der Waals surface area contributed by atoms with Crippen molar-refractivity contribution < 1.29 is 41.1 Å². The van der Waals surface area contributed by atoms with E-state index in [0.29, 0.717) is 54.0 Å². The molecule has 0 saturated carbocycles. The highest BCUT2D eigenvalue weighted by atomic mass is 32.2. The monoisotopic (exact) mass is 898 g/mol. The third-order valence-electron chi connectivity index (χ3n) is 12.1. The summed E-state index contributed by atoms with van der Waals surface area (Å²) in [7, 11) is -2.85. The van der Waals surface area contributed by atoms with Gasteiger partial charge < -0.3 is 19.9 Å². The van der Waals surface area contributed by atoms with Crippen LogP contribution >= 0.6 is 0 Å². The largest absolute Gasteiger partial charge is 0.479 e. The van der Waals surface area contributed by atoms with Crippen LogP contribution in [-0.4, -0.2) is 120 Å².